The molecule has 0 aromatic heterocycles. The number of nitrogens with one attached hydrogen (secondary N) is 2. The van der Waals surface area contributed by atoms with E-state index in [1.54, 1.807) is 14.2 Å². The molecule has 8 heteroatoms. The number of methoxy groups -OCH3 is 2. The third-order valence-corrected chi connectivity index (χ3v) is 4.83. The molecule has 0 bridgehead atoms. The van der Waals surface area contributed by atoms with Gasteiger partial charge in [0.25, 0.3) is 0 Å². The van der Waals surface area contributed by atoms with Gasteiger partial charge in [0.2, 0.25) is 0 Å². The summed E-state index contributed by atoms with van der Waals surface area (Å²) in [6.45, 7) is 4.26. The van der Waals surface area contributed by atoms with E-state index in [4.69, 9.17) is 18.9 Å². The van der Waals surface area contributed by atoms with E-state index in [2.05, 4.69) is 20.6 Å². The summed E-state index contributed by atoms with van der Waals surface area (Å²) in [4.78, 5) is 8.81. The van der Waals surface area contributed by atoms with Gasteiger partial charge in [-0.15, -0.1) is 0 Å². The second kappa shape index (κ2) is 12.6. The molecule has 0 atom stereocenters. The van der Waals surface area contributed by atoms with Crippen LogP contribution in [0.15, 0.2) is 46.4 Å². The number of amidine groups is 1. The predicted molar refractivity (Wildman–Crippen MR) is 127 cm³/mol. The Hall–Kier alpha value is -3.26. The molecular formula is C24H32N4O4. The van der Waals surface area contributed by atoms with Gasteiger partial charge in [-0.3, -0.25) is 9.98 Å². The van der Waals surface area contributed by atoms with Crippen molar-refractivity contribution in [1.29, 1.82) is 0 Å². The highest BCUT2D eigenvalue weighted by molar-refractivity contribution is 6.00. The SMILES string of the molecule is CNCCN=Cc1ccc(OCCCOc2ccc(C3=NCCN3)cc2OC)c(OC)c1. The molecular weight excluding hydrogens is 408 g/mol. The monoisotopic (exact) mass is 440 g/mol. The van der Waals surface area contributed by atoms with E-state index in [1.165, 1.54) is 0 Å². The van der Waals surface area contributed by atoms with Gasteiger partial charge in [-0.25, -0.2) is 0 Å². The van der Waals surface area contributed by atoms with Crippen LogP contribution in [0.3, 0.4) is 0 Å². The molecule has 3 rings (SSSR count). The number of benzene rings is 2. The first-order valence-corrected chi connectivity index (χ1v) is 10.8. The second-order valence-corrected chi connectivity index (χ2v) is 7.12. The average Bonchev–Trinajstić information content (AvgIpc) is 3.37. The Kier molecular flexibility index (Phi) is 9.19. The second-order valence-electron chi connectivity index (χ2n) is 7.12. The molecule has 0 radical (unpaired) electrons. The Morgan fingerprint density at radius 1 is 1.00 bits per heavy atom. The largest absolute Gasteiger partial charge is 0.493 e. The molecule has 0 unspecified atom stereocenters. The summed E-state index contributed by atoms with van der Waals surface area (Å²) in [7, 11) is 5.18. The number of hydrogen-bond donors (Lipinski definition) is 2. The van der Waals surface area contributed by atoms with Gasteiger partial charge in [-0.05, 0) is 49.0 Å². The van der Waals surface area contributed by atoms with Gasteiger partial charge in [0.15, 0.2) is 23.0 Å². The van der Waals surface area contributed by atoms with Gasteiger partial charge in [-0.2, -0.15) is 0 Å². The first kappa shape index (κ1) is 23.4. The van der Waals surface area contributed by atoms with Crippen LogP contribution < -0.4 is 29.6 Å². The molecule has 2 N–H and O–H groups in total. The van der Waals surface area contributed by atoms with Crippen molar-refractivity contribution in [2.45, 2.75) is 6.42 Å². The molecule has 0 spiro atoms. The molecule has 0 fully saturated rings. The molecule has 2 aromatic rings. The van der Waals surface area contributed by atoms with Crippen molar-refractivity contribution in [2.24, 2.45) is 9.98 Å². The molecule has 0 aliphatic carbocycles. The maximum absolute atomic E-state index is 5.90. The van der Waals surface area contributed by atoms with E-state index in [0.717, 1.165) is 49.6 Å². The molecule has 172 valence electrons. The third kappa shape index (κ3) is 6.62. The minimum absolute atomic E-state index is 0.507. The van der Waals surface area contributed by atoms with Crippen LogP contribution in [0.4, 0.5) is 0 Å². The van der Waals surface area contributed by atoms with Crippen LogP contribution >= 0.6 is 0 Å². The molecule has 0 saturated carbocycles. The van der Waals surface area contributed by atoms with Crippen LogP contribution in [0.1, 0.15) is 17.5 Å². The lowest BCUT2D eigenvalue weighted by Gasteiger charge is -2.14. The molecule has 0 saturated heterocycles. The van der Waals surface area contributed by atoms with E-state index >= 15 is 0 Å². The summed E-state index contributed by atoms with van der Waals surface area (Å²) in [6.07, 6.45) is 2.56. The average molecular weight is 441 g/mol. The lowest BCUT2D eigenvalue weighted by atomic mass is 10.2. The Labute approximate surface area is 189 Å². The summed E-state index contributed by atoms with van der Waals surface area (Å²) in [5.74, 6) is 3.67. The van der Waals surface area contributed by atoms with Crippen molar-refractivity contribution in [1.82, 2.24) is 10.6 Å². The number of ether oxygens (including phenoxy) is 4. The molecule has 1 aliphatic heterocycles. The zero-order chi connectivity index (χ0) is 22.6. The van der Waals surface area contributed by atoms with Crippen LogP contribution in [0.5, 0.6) is 23.0 Å². The molecule has 1 aliphatic rings. The van der Waals surface area contributed by atoms with E-state index < -0.39 is 0 Å². The summed E-state index contributed by atoms with van der Waals surface area (Å²) in [5.41, 5.74) is 1.97. The first-order valence-electron chi connectivity index (χ1n) is 10.8. The van der Waals surface area contributed by atoms with Crippen LogP contribution in [-0.2, 0) is 0 Å². The minimum atomic E-state index is 0.507. The van der Waals surface area contributed by atoms with Crippen molar-refractivity contribution in [3.63, 3.8) is 0 Å². The van der Waals surface area contributed by atoms with Gasteiger partial charge < -0.3 is 29.6 Å². The number of aliphatic imine (C=N–C) groups is 2. The predicted octanol–water partition coefficient (Wildman–Crippen LogP) is 2.54. The Morgan fingerprint density at radius 3 is 2.38 bits per heavy atom. The minimum Gasteiger partial charge on any atom is -0.493 e. The Morgan fingerprint density at radius 2 is 1.72 bits per heavy atom. The van der Waals surface area contributed by atoms with Gasteiger partial charge in [-0.1, -0.05) is 0 Å². The van der Waals surface area contributed by atoms with Crippen LogP contribution in [0.2, 0.25) is 0 Å². The highest BCUT2D eigenvalue weighted by Gasteiger charge is 2.12. The highest BCUT2D eigenvalue weighted by Crippen LogP contribution is 2.29. The number of rotatable bonds is 13. The van der Waals surface area contributed by atoms with Gasteiger partial charge in [0, 0.05) is 31.3 Å². The molecule has 8 nitrogen and oxygen atoms in total. The highest BCUT2D eigenvalue weighted by atomic mass is 16.5. The van der Waals surface area contributed by atoms with Crippen molar-refractivity contribution in [3.8, 4) is 23.0 Å². The molecule has 1 heterocycles. The quantitative estimate of drug-likeness (QED) is 0.368. The fourth-order valence-corrected chi connectivity index (χ4v) is 3.18. The van der Waals surface area contributed by atoms with E-state index in [0.29, 0.717) is 36.2 Å². The van der Waals surface area contributed by atoms with Crippen molar-refractivity contribution in [2.75, 3.05) is 60.7 Å². The zero-order valence-electron chi connectivity index (χ0n) is 19.0. The summed E-state index contributed by atoms with van der Waals surface area (Å²) >= 11 is 0. The van der Waals surface area contributed by atoms with Crippen molar-refractivity contribution < 1.29 is 18.9 Å². The standard InChI is InChI=1S/C24H32N4O4/c1-25-9-10-26-17-18-5-7-20(22(15-18)29-2)31-13-4-14-32-21-8-6-19(16-23(21)30-3)24-27-11-12-28-24/h5-8,15-17,25H,4,9-14H2,1-3H3,(H,27,28). The maximum Gasteiger partial charge on any atom is 0.161 e. The normalized spacial score (nSPS) is 13.0. The molecule has 0 amide bonds. The Bertz CT molecular complexity index is 930. The molecule has 32 heavy (non-hydrogen) atoms. The number of hydrogen-bond acceptors (Lipinski definition) is 8. The van der Waals surface area contributed by atoms with E-state index in [9.17, 15) is 0 Å². The Balaban J connectivity index is 1.47. The van der Waals surface area contributed by atoms with E-state index in [1.807, 2.05) is 49.7 Å². The summed E-state index contributed by atoms with van der Waals surface area (Å²) < 4.78 is 22.7. The fourth-order valence-electron chi connectivity index (χ4n) is 3.18. The number of nitrogens with zero attached hydrogens (tertiary/aromatic N) is 2. The van der Waals surface area contributed by atoms with Gasteiger partial charge in [0.05, 0.1) is 40.5 Å². The van der Waals surface area contributed by atoms with E-state index in [-0.39, 0.29) is 0 Å². The fraction of sp³-hybridized carbons (Fsp3) is 0.417. The maximum atomic E-state index is 5.90. The van der Waals surface area contributed by atoms with Crippen molar-refractivity contribution in [3.05, 3.63) is 47.5 Å². The van der Waals surface area contributed by atoms with Crippen LogP contribution in [0.25, 0.3) is 0 Å². The lowest BCUT2D eigenvalue weighted by Crippen LogP contribution is -2.19. The third-order valence-electron chi connectivity index (χ3n) is 4.83. The van der Waals surface area contributed by atoms with Gasteiger partial charge in [0.1, 0.15) is 5.84 Å². The summed E-state index contributed by atoms with van der Waals surface area (Å²) in [5, 5.41) is 6.33. The smallest absolute Gasteiger partial charge is 0.161 e. The summed E-state index contributed by atoms with van der Waals surface area (Å²) in [6, 6.07) is 11.6. The van der Waals surface area contributed by atoms with Crippen LogP contribution in [-0.4, -0.2) is 72.7 Å². The lowest BCUT2D eigenvalue weighted by molar-refractivity contribution is 0.234. The van der Waals surface area contributed by atoms with Crippen molar-refractivity contribution >= 4 is 12.1 Å². The number of likely N-dealkylation sites (N-methyl/N-ethyl adjacent to an activating group) is 1. The first-order chi connectivity index (χ1) is 15.7. The van der Waals surface area contributed by atoms with Gasteiger partial charge >= 0.3 is 0 Å². The molecule has 2 aromatic carbocycles. The zero-order valence-corrected chi connectivity index (χ0v) is 19.0. The topological polar surface area (TPSA) is 85.7 Å². The van der Waals surface area contributed by atoms with Crippen LogP contribution in [0, 0.1) is 0 Å².